The fourth-order valence-electron chi connectivity index (χ4n) is 3.66. The summed E-state index contributed by atoms with van der Waals surface area (Å²) < 4.78 is 16.1. The monoisotopic (exact) mass is 453 g/mol. The van der Waals surface area contributed by atoms with Crippen molar-refractivity contribution in [1.82, 2.24) is 4.90 Å². The van der Waals surface area contributed by atoms with Crippen LogP contribution in [0.25, 0.3) is 6.08 Å². The van der Waals surface area contributed by atoms with Crippen LogP contribution in [-0.4, -0.2) is 67.4 Å². The van der Waals surface area contributed by atoms with Gasteiger partial charge in [-0.3, -0.25) is 9.59 Å². The smallest absolute Gasteiger partial charge is 0.290 e. The number of methoxy groups -OCH3 is 2. The summed E-state index contributed by atoms with van der Waals surface area (Å²) in [4.78, 5) is 27.5. The molecule has 0 fully saturated rings. The predicted molar refractivity (Wildman–Crippen MR) is 122 cm³/mol. The first-order valence-corrected chi connectivity index (χ1v) is 10.4. The zero-order valence-corrected chi connectivity index (χ0v) is 18.6. The predicted octanol–water partition coefficient (Wildman–Crippen LogP) is 2.69. The van der Waals surface area contributed by atoms with Crippen molar-refractivity contribution >= 4 is 17.8 Å². The van der Waals surface area contributed by atoms with Gasteiger partial charge in [0.2, 0.25) is 0 Å². The molecule has 0 spiro atoms. The number of hydrogen-bond donors (Lipinski definition) is 2. The molecule has 3 rings (SSSR count). The van der Waals surface area contributed by atoms with Crippen LogP contribution in [0.15, 0.2) is 65.9 Å². The van der Waals surface area contributed by atoms with Crippen molar-refractivity contribution in [3.63, 3.8) is 0 Å². The Labute approximate surface area is 192 Å². The molecule has 1 amide bonds. The summed E-state index contributed by atoms with van der Waals surface area (Å²) in [7, 11) is 3.00. The fourth-order valence-corrected chi connectivity index (χ4v) is 3.66. The lowest BCUT2D eigenvalue weighted by atomic mass is 9.94. The van der Waals surface area contributed by atoms with E-state index in [1.165, 1.54) is 25.2 Å². The highest BCUT2D eigenvalue weighted by Gasteiger charge is 2.43. The second kappa shape index (κ2) is 11.3. The molecule has 1 atom stereocenters. The Morgan fingerprint density at radius 3 is 2.52 bits per heavy atom. The first-order chi connectivity index (χ1) is 16.0. The molecule has 33 heavy (non-hydrogen) atoms. The zero-order chi connectivity index (χ0) is 23.8. The van der Waals surface area contributed by atoms with Crippen LogP contribution in [0.3, 0.4) is 0 Å². The molecule has 0 bridgehead atoms. The molecule has 0 aliphatic carbocycles. The van der Waals surface area contributed by atoms with E-state index in [2.05, 4.69) is 0 Å². The van der Waals surface area contributed by atoms with Crippen LogP contribution < -0.4 is 9.47 Å². The SMILES string of the molecule is COc1ccc(C2C(C(=O)/C=C/c3ccccc3)=C(O)C(=O)N2CCOCCO)c(OC)c1. The van der Waals surface area contributed by atoms with Crippen LogP contribution in [0.1, 0.15) is 17.2 Å². The van der Waals surface area contributed by atoms with Gasteiger partial charge >= 0.3 is 0 Å². The molecule has 0 saturated heterocycles. The lowest BCUT2D eigenvalue weighted by Crippen LogP contribution is -2.34. The number of nitrogens with zero attached hydrogens (tertiary/aromatic N) is 1. The summed E-state index contributed by atoms with van der Waals surface area (Å²) in [5, 5.41) is 19.6. The average Bonchev–Trinajstić information content (AvgIpc) is 3.10. The number of aliphatic hydroxyl groups excluding tert-OH is 2. The Morgan fingerprint density at radius 1 is 1.09 bits per heavy atom. The highest BCUT2D eigenvalue weighted by molar-refractivity contribution is 6.14. The van der Waals surface area contributed by atoms with Crippen molar-refractivity contribution in [1.29, 1.82) is 0 Å². The van der Waals surface area contributed by atoms with Crippen LogP contribution in [0, 0.1) is 0 Å². The number of ether oxygens (including phenoxy) is 3. The van der Waals surface area contributed by atoms with Gasteiger partial charge in [0.25, 0.3) is 5.91 Å². The maximum Gasteiger partial charge on any atom is 0.290 e. The minimum absolute atomic E-state index is 0.0437. The van der Waals surface area contributed by atoms with Crippen molar-refractivity contribution < 1.29 is 34.0 Å². The van der Waals surface area contributed by atoms with Crippen LogP contribution in [0.4, 0.5) is 0 Å². The lowest BCUT2D eigenvalue weighted by molar-refractivity contribution is -0.130. The molecule has 0 aromatic heterocycles. The average molecular weight is 453 g/mol. The van der Waals surface area contributed by atoms with E-state index >= 15 is 0 Å². The van der Waals surface area contributed by atoms with Gasteiger partial charge in [0, 0.05) is 18.2 Å². The van der Waals surface area contributed by atoms with E-state index < -0.39 is 23.5 Å². The highest BCUT2D eigenvalue weighted by Crippen LogP contribution is 2.42. The van der Waals surface area contributed by atoms with Crippen molar-refractivity contribution in [3.8, 4) is 11.5 Å². The van der Waals surface area contributed by atoms with E-state index in [-0.39, 0.29) is 31.9 Å². The van der Waals surface area contributed by atoms with Crippen molar-refractivity contribution in [2.75, 3.05) is 40.6 Å². The van der Waals surface area contributed by atoms with E-state index in [0.717, 1.165) is 5.56 Å². The molecule has 8 nitrogen and oxygen atoms in total. The third kappa shape index (κ3) is 5.42. The van der Waals surface area contributed by atoms with E-state index in [4.69, 9.17) is 19.3 Å². The quantitative estimate of drug-likeness (QED) is 0.398. The Kier molecular flexibility index (Phi) is 8.23. The largest absolute Gasteiger partial charge is 0.503 e. The van der Waals surface area contributed by atoms with Crippen LogP contribution >= 0.6 is 0 Å². The van der Waals surface area contributed by atoms with Crippen LogP contribution in [0.2, 0.25) is 0 Å². The number of hydrogen-bond acceptors (Lipinski definition) is 7. The molecule has 0 saturated carbocycles. The zero-order valence-electron chi connectivity index (χ0n) is 18.6. The van der Waals surface area contributed by atoms with Gasteiger partial charge in [-0.15, -0.1) is 0 Å². The van der Waals surface area contributed by atoms with Crippen LogP contribution in [-0.2, 0) is 14.3 Å². The summed E-state index contributed by atoms with van der Waals surface area (Å²) in [6.07, 6.45) is 2.96. The Hall–Kier alpha value is -3.62. The molecule has 1 unspecified atom stereocenters. The second-order valence-corrected chi connectivity index (χ2v) is 7.22. The molecular weight excluding hydrogens is 426 g/mol. The summed E-state index contributed by atoms with van der Waals surface area (Å²) in [6.45, 7) is 0.183. The number of aliphatic hydroxyl groups is 2. The van der Waals surface area contributed by atoms with Gasteiger partial charge in [0.1, 0.15) is 11.5 Å². The number of carbonyl (C=O) groups is 2. The molecular formula is C25H27NO7. The standard InChI is InChI=1S/C25H27NO7/c1-31-18-9-10-19(21(16-18)32-2)23-22(20(28)11-8-17-6-4-3-5-7-17)24(29)25(30)26(23)12-14-33-15-13-27/h3-11,16,23,27,29H,12-15H2,1-2H3/b11-8+. The van der Waals surface area contributed by atoms with Crippen molar-refractivity contribution in [2.45, 2.75) is 6.04 Å². The molecule has 0 radical (unpaired) electrons. The summed E-state index contributed by atoms with van der Waals surface area (Å²) in [5.74, 6) is -0.834. The van der Waals surface area contributed by atoms with E-state index in [0.29, 0.717) is 17.1 Å². The van der Waals surface area contributed by atoms with E-state index in [1.54, 1.807) is 24.3 Å². The van der Waals surface area contributed by atoms with Crippen molar-refractivity contribution in [2.24, 2.45) is 0 Å². The summed E-state index contributed by atoms with van der Waals surface area (Å²) >= 11 is 0. The third-order valence-corrected chi connectivity index (χ3v) is 5.24. The van der Waals surface area contributed by atoms with Crippen LogP contribution in [0.5, 0.6) is 11.5 Å². The lowest BCUT2D eigenvalue weighted by Gasteiger charge is -2.27. The highest BCUT2D eigenvalue weighted by atomic mass is 16.5. The molecule has 174 valence electrons. The van der Waals surface area contributed by atoms with Gasteiger partial charge < -0.3 is 29.3 Å². The molecule has 1 aliphatic rings. The van der Waals surface area contributed by atoms with Gasteiger partial charge in [-0.25, -0.2) is 0 Å². The Morgan fingerprint density at radius 2 is 1.85 bits per heavy atom. The molecule has 2 aromatic carbocycles. The maximum atomic E-state index is 13.2. The molecule has 2 aromatic rings. The van der Waals surface area contributed by atoms with Gasteiger partial charge in [-0.2, -0.15) is 0 Å². The number of amides is 1. The molecule has 2 N–H and O–H groups in total. The first kappa shape index (κ1) is 24.0. The Balaban J connectivity index is 2.00. The second-order valence-electron chi connectivity index (χ2n) is 7.22. The summed E-state index contributed by atoms with van der Waals surface area (Å²) in [6, 6.07) is 13.4. The minimum atomic E-state index is -0.885. The number of benzene rings is 2. The van der Waals surface area contributed by atoms with Gasteiger partial charge in [-0.1, -0.05) is 36.4 Å². The Bertz CT molecular complexity index is 1050. The number of allylic oxidation sites excluding steroid dienone is 1. The van der Waals surface area contributed by atoms with Gasteiger partial charge in [0.15, 0.2) is 11.5 Å². The van der Waals surface area contributed by atoms with Gasteiger partial charge in [0.05, 0.1) is 45.7 Å². The normalized spacial score (nSPS) is 16.0. The topological polar surface area (TPSA) is 106 Å². The van der Waals surface area contributed by atoms with Gasteiger partial charge in [-0.05, 0) is 23.8 Å². The molecule has 1 heterocycles. The number of ketones is 1. The molecule has 1 aliphatic heterocycles. The maximum absolute atomic E-state index is 13.2. The third-order valence-electron chi connectivity index (χ3n) is 5.24. The number of rotatable bonds is 11. The fraction of sp³-hybridized carbons (Fsp3) is 0.280. The molecule has 8 heteroatoms. The van der Waals surface area contributed by atoms with Crippen molar-refractivity contribution in [3.05, 3.63) is 77.1 Å². The van der Waals surface area contributed by atoms with E-state index in [9.17, 15) is 14.7 Å². The van der Waals surface area contributed by atoms with E-state index in [1.807, 2.05) is 30.3 Å². The first-order valence-electron chi connectivity index (χ1n) is 10.4. The number of carbonyl (C=O) groups excluding carboxylic acids is 2. The summed E-state index contributed by atoms with van der Waals surface area (Å²) in [5.41, 5.74) is 1.29. The minimum Gasteiger partial charge on any atom is -0.503 e.